The first kappa shape index (κ1) is 24.8. The minimum atomic E-state index is -3.16. The summed E-state index contributed by atoms with van der Waals surface area (Å²) in [5.41, 5.74) is 6.48. The third kappa shape index (κ3) is 6.29. The van der Waals surface area contributed by atoms with Crippen LogP contribution in [0.15, 0.2) is 27.9 Å². The van der Waals surface area contributed by atoms with Gasteiger partial charge >= 0.3 is 0 Å². The van der Waals surface area contributed by atoms with Crippen LogP contribution in [0, 0.1) is 0 Å². The molecular weight excluding hydrogens is 426 g/mol. The molecule has 0 unspecified atom stereocenters. The van der Waals surface area contributed by atoms with Crippen molar-refractivity contribution in [1.82, 2.24) is 14.1 Å². The molecule has 0 bridgehead atoms. The first-order valence-corrected chi connectivity index (χ1v) is 12.5. The Bertz CT molecular complexity index is 819. The fourth-order valence-electron chi connectivity index (χ4n) is 4.07. The Kier molecular flexibility index (Phi) is 8.50. The molecule has 0 atom stereocenters. The van der Waals surface area contributed by atoms with Gasteiger partial charge in [0.25, 0.3) is 5.91 Å². The lowest BCUT2D eigenvalue weighted by Gasteiger charge is -2.43. The second kappa shape index (κ2) is 10.3. The van der Waals surface area contributed by atoms with Crippen molar-refractivity contribution in [3.63, 3.8) is 0 Å². The van der Waals surface area contributed by atoms with Crippen LogP contribution in [0.25, 0.3) is 0 Å². The number of piperidine rings is 2. The molecule has 0 aromatic heterocycles. The highest BCUT2D eigenvalue weighted by atomic mass is 35.5. The van der Waals surface area contributed by atoms with Crippen molar-refractivity contribution in [2.75, 3.05) is 39.5 Å². The fraction of sp³-hybridized carbons (Fsp3) is 0.700. The van der Waals surface area contributed by atoms with Gasteiger partial charge in [0.15, 0.2) is 0 Å². The van der Waals surface area contributed by atoms with Crippen LogP contribution in [0.5, 0.6) is 0 Å². The number of aliphatic imine (C=N–C) groups is 1. The minimum absolute atomic E-state index is 0.0644. The van der Waals surface area contributed by atoms with Crippen molar-refractivity contribution in [1.29, 1.82) is 0 Å². The summed E-state index contributed by atoms with van der Waals surface area (Å²) in [5.74, 6) is 0.124. The van der Waals surface area contributed by atoms with Crippen LogP contribution >= 0.6 is 11.6 Å². The molecule has 2 aliphatic rings. The number of nitrogens with zero attached hydrogens (tertiary/aromatic N) is 4. The summed E-state index contributed by atoms with van der Waals surface area (Å²) in [5, 5.41) is 0.278. The number of carbonyl (C=O) groups is 1. The number of rotatable bonds is 6. The van der Waals surface area contributed by atoms with Crippen LogP contribution in [0.1, 0.15) is 39.5 Å². The van der Waals surface area contributed by atoms with Gasteiger partial charge in [-0.1, -0.05) is 18.2 Å². The summed E-state index contributed by atoms with van der Waals surface area (Å²) in [6.45, 7) is 10.1. The Morgan fingerprint density at radius 2 is 1.67 bits per heavy atom. The van der Waals surface area contributed by atoms with Crippen molar-refractivity contribution in [2.45, 2.75) is 51.6 Å². The summed E-state index contributed by atoms with van der Waals surface area (Å²) in [7, 11) is -1.50. The molecule has 0 radical (unpaired) electrons. The number of nitrogens with two attached hydrogens (primary N) is 1. The van der Waals surface area contributed by atoms with E-state index in [1.807, 2.05) is 0 Å². The third-order valence-electron chi connectivity index (χ3n) is 6.06. The SMILES string of the molecule is C=C(Cl)/C(C)=C(\N=C(\C)N)C(=O)N1CCC(N2CCC(N(C)S(C)(=O)=O)CC2)CC1. The number of hydrogen-bond donors (Lipinski definition) is 1. The quantitative estimate of drug-likeness (QED) is 0.282. The number of allylic oxidation sites excluding steroid dienone is 2. The van der Waals surface area contributed by atoms with Crippen LogP contribution in [-0.4, -0.2) is 85.8 Å². The van der Waals surface area contributed by atoms with E-state index in [2.05, 4.69) is 16.5 Å². The number of likely N-dealkylation sites (tertiary alicyclic amines) is 2. The molecule has 30 heavy (non-hydrogen) atoms. The number of carbonyl (C=O) groups excluding carboxylic acids is 1. The molecule has 0 aromatic carbocycles. The molecule has 10 heteroatoms. The predicted octanol–water partition coefficient (Wildman–Crippen LogP) is 1.74. The topological polar surface area (TPSA) is 99.3 Å². The molecule has 0 saturated carbocycles. The number of sulfonamides is 1. The van der Waals surface area contributed by atoms with E-state index in [0.717, 1.165) is 38.8 Å². The molecule has 2 heterocycles. The number of hydrogen-bond acceptors (Lipinski definition) is 5. The van der Waals surface area contributed by atoms with Gasteiger partial charge in [-0.2, -0.15) is 0 Å². The van der Waals surface area contributed by atoms with Crippen molar-refractivity contribution >= 4 is 33.4 Å². The van der Waals surface area contributed by atoms with E-state index in [4.69, 9.17) is 17.3 Å². The van der Waals surface area contributed by atoms with Gasteiger partial charge in [0.05, 0.1) is 12.1 Å². The van der Waals surface area contributed by atoms with E-state index < -0.39 is 10.0 Å². The Morgan fingerprint density at radius 1 is 1.13 bits per heavy atom. The van der Waals surface area contributed by atoms with Crippen molar-refractivity contribution in [3.8, 4) is 0 Å². The number of amides is 1. The van der Waals surface area contributed by atoms with E-state index in [0.29, 0.717) is 30.5 Å². The summed E-state index contributed by atoms with van der Waals surface area (Å²) >= 11 is 6.00. The number of amidine groups is 1. The first-order valence-electron chi connectivity index (χ1n) is 10.2. The van der Waals surface area contributed by atoms with E-state index in [1.165, 1.54) is 10.6 Å². The van der Waals surface area contributed by atoms with Crippen LogP contribution in [0.3, 0.4) is 0 Å². The van der Waals surface area contributed by atoms with E-state index >= 15 is 0 Å². The largest absolute Gasteiger partial charge is 0.387 e. The van der Waals surface area contributed by atoms with E-state index in [9.17, 15) is 13.2 Å². The van der Waals surface area contributed by atoms with Crippen LogP contribution in [-0.2, 0) is 14.8 Å². The lowest BCUT2D eigenvalue weighted by Crippen LogP contribution is -2.52. The molecule has 0 aromatic rings. The maximum absolute atomic E-state index is 13.0. The summed E-state index contributed by atoms with van der Waals surface area (Å²) in [6, 6.07) is 0.462. The normalized spacial score (nSPS) is 21.7. The van der Waals surface area contributed by atoms with Crippen molar-refractivity contribution < 1.29 is 13.2 Å². The van der Waals surface area contributed by atoms with Crippen molar-refractivity contribution in [3.05, 3.63) is 22.9 Å². The van der Waals surface area contributed by atoms with Crippen LogP contribution in [0.2, 0.25) is 0 Å². The zero-order valence-electron chi connectivity index (χ0n) is 18.4. The minimum Gasteiger partial charge on any atom is -0.387 e. The lowest BCUT2D eigenvalue weighted by atomic mass is 9.97. The van der Waals surface area contributed by atoms with Gasteiger partial charge in [0.1, 0.15) is 5.70 Å². The third-order valence-corrected chi connectivity index (χ3v) is 7.69. The van der Waals surface area contributed by atoms with Crippen LogP contribution in [0.4, 0.5) is 0 Å². The summed E-state index contributed by atoms with van der Waals surface area (Å²) < 4.78 is 25.0. The maximum Gasteiger partial charge on any atom is 0.272 e. The Balaban J connectivity index is 1.95. The Labute approximate surface area is 185 Å². The van der Waals surface area contributed by atoms with Gasteiger partial charge in [-0.3, -0.25) is 4.79 Å². The molecule has 0 aliphatic carbocycles. The van der Waals surface area contributed by atoms with Gasteiger partial charge in [0, 0.05) is 37.3 Å². The summed E-state index contributed by atoms with van der Waals surface area (Å²) in [4.78, 5) is 21.4. The zero-order valence-corrected chi connectivity index (χ0v) is 20.0. The molecular formula is C20H34ClN5O3S. The highest BCUT2D eigenvalue weighted by Gasteiger charge is 2.33. The first-order chi connectivity index (χ1) is 13.9. The molecule has 2 saturated heterocycles. The highest BCUT2D eigenvalue weighted by Crippen LogP contribution is 2.26. The lowest BCUT2D eigenvalue weighted by molar-refractivity contribution is -0.128. The molecule has 1 amide bonds. The fourth-order valence-corrected chi connectivity index (χ4v) is 4.91. The average Bonchev–Trinajstić information content (AvgIpc) is 2.69. The van der Waals surface area contributed by atoms with Crippen LogP contribution < -0.4 is 5.73 Å². The van der Waals surface area contributed by atoms with Gasteiger partial charge in [-0.15, -0.1) is 0 Å². The molecule has 2 fully saturated rings. The monoisotopic (exact) mass is 459 g/mol. The molecule has 8 nitrogen and oxygen atoms in total. The Hall–Kier alpha value is -1.42. The van der Waals surface area contributed by atoms with Gasteiger partial charge < -0.3 is 15.5 Å². The summed E-state index contributed by atoms with van der Waals surface area (Å²) in [6.07, 6.45) is 4.66. The molecule has 170 valence electrons. The van der Waals surface area contributed by atoms with Gasteiger partial charge in [-0.25, -0.2) is 17.7 Å². The smallest absolute Gasteiger partial charge is 0.272 e. The standard InChI is InChI=1S/C20H34ClN5O3S/c1-14(15(2)21)19(23-16(3)22)20(27)26-12-8-18(9-13-26)25-10-6-17(7-11-25)24(4)30(5,28)29/h17-18H,2,6-13H2,1,3-5H3,(H2,22,23)/b19-14-. The second-order valence-electron chi connectivity index (χ2n) is 8.20. The van der Waals surface area contributed by atoms with Gasteiger partial charge in [0.2, 0.25) is 10.0 Å². The molecule has 0 spiro atoms. The average molecular weight is 460 g/mol. The van der Waals surface area contributed by atoms with Crippen molar-refractivity contribution in [2.24, 2.45) is 10.7 Å². The zero-order chi connectivity index (χ0) is 22.6. The molecule has 2 N–H and O–H groups in total. The highest BCUT2D eigenvalue weighted by molar-refractivity contribution is 7.88. The molecule has 2 rings (SSSR count). The predicted molar refractivity (Wildman–Crippen MR) is 122 cm³/mol. The molecule has 2 aliphatic heterocycles. The van der Waals surface area contributed by atoms with Gasteiger partial charge in [-0.05, 0) is 58.2 Å². The maximum atomic E-state index is 13.0. The Morgan fingerprint density at radius 3 is 2.10 bits per heavy atom. The number of halogens is 1. The van der Waals surface area contributed by atoms with E-state index in [-0.39, 0.29) is 22.7 Å². The second-order valence-corrected chi connectivity index (χ2v) is 10.7. The van der Waals surface area contributed by atoms with E-state index in [1.54, 1.807) is 25.8 Å².